The summed E-state index contributed by atoms with van der Waals surface area (Å²) < 4.78 is 9.03. The lowest BCUT2D eigenvalue weighted by atomic mass is 10.2. The zero-order chi connectivity index (χ0) is 19.6. The summed E-state index contributed by atoms with van der Waals surface area (Å²) >= 11 is 0. The van der Waals surface area contributed by atoms with E-state index in [0.29, 0.717) is 25.3 Å². The van der Waals surface area contributed by atoms with Crippen molar-refractivity contribution < 1.29 is 4.74 Å². The van der Waals surface area contributed by atoms with Crippen molar-refractivity contribution in [1.82, 2.24) is 18.9 Å². The van der Waals surface area contributed by atoms with Crippen LogP contribution in [0.5, 0.6) is 0 Å². The number of aromatic nitrogens is 4. The highest BCUT2D eigenvalue weighted by atomic mass is 16.5. The average Bonchev–Trinajstić information content (AvgIpc) is 3.22. The van der Waals surface area contributed by atoms with Crippen LogP contribution >= 0.6 is 0 Å². The third kappa shape index (κ3) is 3.40. The highest BCUT2D eigenvalue weighted by molar-refractivity contribution is 5.64. The average molecular weight is 387 g/mol. The summed E-state index contributed by atoms with van der Waals surface area (Å²) in [5, 5.41) is 0. The molecule has 7 nitrogen and oxygen atoms in total. The molecule has 0 N–H and O–H groups in total. The van der Waals surface area contributed by atoms with Crippen molar-refractivity contribution in [3.05, 3.63) is 83.2 Å². The first-order valence-corrected chi connectivity index (χ1v) is 9.69. The van der Waals surface area contributed by atoms with E-state index in [-0.39, 0.29) is 5.56 Å². The summed E-state index contributed by atoms with van der Waals surface area (Å²) in [5.74, 6) is 0.832. The van der Waals surface area contributed by atoms with Crippen LogP contribution in [0.2, 0.25) is 0 Å². The van der Waals surface area contributed by atoms with Gasteiger partial charge in [0.25, 0.3) is 5.56 Å². The van der Waals surface area contributed by atoms with Gasteiger partial charge < -0.3 is 18.6 Å². The van der Waals surface area contributed by atoms with Crippen molar-refractivity contribution in [2.24, 2.45) is 0 Å². The van der Waals surface area contributed by atoms with E-state index in [2.05, 4.69) is 9.88 Å². The van der Waals surface area contributed by atoms with Crippen molar-refractivity contribution in [2.75, 3.05) is 31.2 Å². The maximum atomic E-state index is 13.0. The first-order chi connectivity index (χ1) is 14.3. The van der Waals surface area contributed by atoms with Gasteiger partial charge in [-0.25, -0.2) is 4.98 Å². The normalized spacial score (nSPS) is 14.4. The predicted molar refractivity (Wildman–Crippen MR) is 111 cm³/mol. The first kappa shape index (κ1) is 17.6. The van der Waals surface area contributed by atoms with Crippen molar-refractivity contribution in [2.45, 2.75) is 6.54 Å². The van der Waals surface area contributed by atoms with Crippen LogP contribution in [0, 0.1) is 0 Å². The Morgan fingerprint density at radius 3 is 2.62 bits per heavy atom. The van der Waals surface area contributed by atoms with Crippen LogP contribution in [0.4, 0.5) is 5.82 Å². The molecule has 7 heteroatoms. The van der Waals surface area contributed by atoms with E-state index >= 15 is 0 Å². The van der Waals surface area contributed by atoms with Gasteiger partial charge in [-0.15, -0.1) is 0 Å². The molecule has 29 heavy (non-hydrogen) atoms. The number of hydrogen-bond acceptors (Lipinski definition) is 5. The second kappa shape index (κ2) is 7.52. The van der Waals surface area contributed by atoms with E-state index < -0.39 is 0 Å². The molecule has 0 saturated carbocycles. The smallest absolute Gasteiger partial charge is 0.275 e. The number of anilines is 1. The van der Waals surface area contributed by atoms with Gasteiger partial charge in [-0.3, -0.25) is 9.78 Å². The van der Waals surface area contributed by atoms with Crippen LogP contribution in [0.1, 0.15) is 5.56 Å². The summed E-state index contributed by atoms with van der Waals surface area (Å²) in [6.45, 7) is 3.54. The fourth-order valence-corrected chi connectivity index (χ4v) is 3.68. The third-order valence-electron chi connectivity index (χ3n) is 5.21. The van der Waals surface area contributed by atoms with Crippen molar-refractivity contribution in [3.63, 3.8) is 0 Å². The number of morpholine rings is 1. The Hall–Kier alpha value is -3.45. The largest absolute Gasteiger partial charge is 0.378 e. The molecule has 0 aliphatic carbocycles. The minimum absolute atomic E-state index is 0.0279. The molecule has 4 aromatic rings. The molecule has 1 fully saturated rings. The second-order valence-electron chi connectivity index (χ2n) is 7.05. The molecular formula is C22H21N5O2. The Morgan fingerprint density at radius 2 is 1.79 bits per heavy atom. The zero-order valence-electron chi connectivity index (χ0n) is 15.9. The topological polar surface area (TPSA) is 64.7 Å². The number of ether oxygens (including phenoxy) is 1. The van der Waals surface area contributed by atoms with E-state index in [1.807, 2.05) is 59.3 Å². The van der Waals surface area contributed by atoms with Gasteiger partial charge in [-0.1, -0.05) is 30.3 Å². The fraction of sp³-hybridized carbons (Fsp3) is 0.227. The summed E-state index contributed by atoms with van der Waals surface area (Å²) in [6.07, 6.45) is 7.25. The number of benzene rings is 1. The number of rotatable bonds is 4. The molecule has 4 heterocycles. The summed E-state index contributed by atoms with van der Waals surface area (Å²) in [4.78, 5) is 24.3. The van der Waals surface area contributed by atoms with Crippen LogP contribution in [-0.4, -0.2) is 45.2 Å². The SMILES string of the molecule is O=c1c2ccc(-c3cncc(N4CCOCC4)n3)n2ccn1Cc1ccccc1. The van der Waals surface area contributed by atoms with Gasteiger partial charge in [-0.05, 0) is 17.7 Å². The molecule has 1 saturated heterocycles. The molecule has 3 aromatic heterocycles. The zero-order valence-corrected chi connectivity index (χ0v) is 15.9. The summed E-state index contributed by atoms with van der Waals surface area (Å²) in [6, 6.07) is 13.8. The molecule has 0 amide bonds. The van der Waals surface area contributed by atoms with E-state index in [9.17, 15) is 4.79 Å². The molecule has 0 radical (unpaired) electrons. The van der Waals surface area contributed by atoms with Crippen LogP contribution in [0.15, 0.2) is 72.0 Å². The predicted octanol–water partition coefficient (Wildman–Crippen LogP) is 2.44. The maximum absolute atomic E-state index is 13.0. The lowest BCUT2D eigenvalue weighted by Gasteiger charge is -2.27. The Balaban J connectivity index is 1.50. The highest BCUT2D eigenvalue weighted by Crippen LogP contribution is 2.22. The van der Waals surface area contributed by atoms with Gasteiger partial charge in [0.2, 0.25) is 0 Å². The quantitative estimate of drug-likeness (QED) is 0.538. The third-order valence-corrected chi connectivity index (χ3v) is 5.21. The van der Waals surface area contributed by atoms with Gasteiger partial charge in [0.05, 0.1) is 37.8 Å². The lowest BCUT2D eigenvalue weighted by Crippen LogP contribution is -2.36. The fourth-order valence-electron chi connectivity index (χ4n) is 3.68. The lowest BCUT2D eigenvalue weighted by molar-refractivity contribution is 0.122. The van der Waals surface area contributed by atoms with Gasteiger partial charge in [0.15, 0.2) is 0 Å². The van der Waals surface area contributed by atoms with E-state index in [4.69, 9.17) is 9.72 Å². The Morgan fingerprint density at radius 1 is 0.966 bits per heavy atom. The molecule has 0 bridgehead atoms. The van der Waals surface area contributed by atoms with Gasteiger partial charge >= 0.3 is 0 Å². The van der Waals surface area contributed by atoms with E-state index in [1.165, 1.54) is 0 Å². The van der Waals surface area contributed by atoms with E-state index in [0.717, 1.165) is 35.9 Å². The second-order valence-corrected chi connectivity index (χ2v) is 7.05. The molecule has 1 aliphatic rings. The van der Waals surface area contributed by atoms with Crippen LogP contribution in [0.25, 0.3) is 16.9 Å². The Kier molecular flexibility index (Phi) is 4.57. The molecule has 1 aliphatic heterocycles. The Labute approximate surface area is 167 Å². The Bertz CT molecular complexity index is 1190. The molecule has 0 spiro atoms. The maximum Gasteiger partial charge on any atom is 0.275 e. The van der Waals surface area contributed by atoms with Gasteiger partial charge in [0, 0.05) is 25.5 Å². The minimum atomic E-state index is -0.0279. The molecular weight excluding hydrogens is 366 g/mol. The molecule has 1 aromatic carbocycles. The van der Waals surface area contributed by atoms with Crippen LogP contribution in [-0.2, 0) is 11.3 Å². The summed E-state index contributed by atoms with van der Waals surface area (Å²) in [5.41, 5.74) is 3.28. The van der Waals surface area contributed by atoms with Crippen molar-refractivity contribution >= 4 is 11.3 Å². The monoisotopic (exact) mass is 387 g/mol. The first-order valence-electron chi connectivity index (χ1n) is 9.69. The molecule has 0 atom stereocenters. The van der Waals surface area contributed by atoms with Crippen molar-refractivity contribution in [1.29, 1.82) is 0 Å². The van der Waals surface area contributed by atoms with Crippen LogP contribution in [0.3, 0.4) is 0 Å². The van der Waals surface area contributed by atoms with Gasteiger partial charge in [-0.2, -0.15) is 0 Å². The van der Waals surface area contributed by atoms with E-state index in [1.54, 1.807) is 17.0 Å². The molecule has 146 valence electrons. The van der Waals surface area contributed by atoms with Crippen LogP contribution < -0.4 is 10.5 Å². The number of fused-ring (bicyclic) bond motifs is 1. The van der Waals surface area contributed by atoms with Gasteiger partial charge in [0.1, 0.15) is 17.0 Å². The molecule has 0 unspecified atom stereocenters. The number of nitrogens with zero attached hydrogens (tertiary/aromatic N) is 5. The standard InChI is InChI=1S/C22H21N5O2/c28-22-20-7-6-19(18-14-23-15-21(24-18)25-10-12-29-13-11-25)27(20)9-8-26(22)16-17-4-2-1-3-5-17/h1-9,14-15H,10-13,16H2. The van der Waals surface area contributed by atoms with Crippen molar-refractivity contribution in [3.8, 4) is 11.4 Å². The summed E-state index contributed by atoms with van der Waals surface area (Å²) in [7, 11) is 0. The molecule has 5 rings (SSSR count). The minimum Gasteiger partial charge on any atom is -0.378 e. The highest BCUT2D eigenvalue weighted by Gasteiger charge is 2.15. The number of hydrogen-bond donors (Lipinski definition) is 0.